The Morgan fingerprint density at radius 2 is 1.94 bits per heavy atom. The number of nitrogens with zero attached hydrogens (tertiary/aromatic N) is 2. The number of ether oxygens (including phenoxy) is 1. The second kappa shape index (κ2) is 9.20. The third-order valence-electron chi connectivity index (χ3n) is 5.21. The van der Waals surface area contributed by atoms with E-state index in [1.807, 2.05) is 24.3 Å². The lowest BCUT2D eigenvalue weighted by Crippen LogP contribution is -2.25. The fraction of sp³-hybridized carbons (Fsp3) is 0.167. The summed E-state index contributed by atoms with van der Waals surface area (Å²) in [5.74, 6) is 1.13. The Hall–Kier alpha value is -3.35. The molecule has 0 spiro atoms. The van der Waals surface area contributed by atoms with Crippen molar-refractivity contribution in [1.29, 1.82) is 0 Å². The molecule has 3 aromatic carbocycles. The van der Waals surface area contributed by atoms with Gasteiger partial charge in [0.25, 0.3) is 5.69 Å². The van der Waals surface area contributed by atoms with E-state index in [9.17, 15) is 10.1 Å². The van der Waals surface area contributed by atoms with Crippen LogP contribution in [0.3, 0.4) is 0 Å². The van der Waals surface area contributed by atoms with Gasteiger partial charge >= 0.3 is 0 Å². The van der Waals surface area contributed by atoms with E-state index in [-0.39, 0.29) is 11.7 Å². The molecule has 0 aliphatic carbocycles. The zero-order valence-electron chi connectivity index (χ0n) is 17.0. The van der Waals surface area contributed by atoms with Crippen LogP contribution < -0.4 is 15.0 Å². The molecule has 4 rings (SSSR count). The molecule has 0 bridgehead atoms. The maximum atomic E-state index is 11.3. The van der Waals surface area contributed by atoms with Crippen LogP contribution in [0.25, 0.3) is 6.08 Å². The van der Waals surface area contributed by atoms with Crippen molar-refractivity contribution in [2.75, 3.05) is 25.0 Å². The lowest BCUT2D eigenvalue weighted by atomic mass is 10.0. The lowest BCUT2D eigenvalue weighted by molar-refractivity contribution is -0.384. The summed E-state index contributed by atoms with van der Waals surface area (Å²) in [4.78, 5) is 13.1. The third kappa shape index (κ3) is 4.87. The molecule has 0 saturated heterocycles. The van der Waals surface area contributed by atoms with E-state index >= 15 is 0 Å². The van der Waals surface area contributed by atoms with Crippen LogP contribution in [-0.2, 0) is 0 Å². The van der Waals surface area contributed by atoms with Gasteiger partial charge in [0.1, 0.15) is 11.5 Å². The Balaban J connectivity index is 1.68. The van der Waals surface area contributed by atoms with Gasteiger partial charge in [0.05, 0.1) is 11.0 Å². The number of halogens is 1. The van der Waals surface area contributed by atoms with Gasteiger partial charge in [0.2, 0.25) is 0 Å². The predicted octanol–water partition coefficient (Wildman–Crippen LogP) is 5.83. The van der Waals surface area contributed by atoms with E-state index in [1.54, 1.807) is 30.3 Å². The van der Waals surface area contributed by atoms with Gasteiger partial charge in [-0.05, 0) is 42.0 Å². The Bertz CT molecular complexity index is 1120. The third-order valence-corrected chi connectivity index (χ3v) is 5.46. The average Bonchev–Trinajstić information content (AvgIpc) is 2.93. The topological polar surface area (TPSA) is 67.6 Å². The molecule has 0 saturated carbocycles. The molecule has 3 aromatic rings. The van der Waals surface area contributed by atoms with Crippen LogP contribution in [-0.4, -0.2) is 25.1 Å². The number of fused-ring (bicyclic) bond motifs is 1. The number of non-ortho nitro benzene ring substituents is 1. The van der Waals surface area contributed by atoms with Crippen LogP contribution in [0, 0.1) is 10.1 Å². The molecular formula is C24H22ClN3O3. The zero-order valence-corrected chi connectivity index (χ0v) is 17.8. The number of nitro groups is 1. The highest BCUT2D eigenvalue weighted by molar-refractivity contribution is 6.30. The van der Waals surface area contributed by atoms with Gasteiger partial charge in [0, 0.05) is 48.5 Å². The minimum Gasteiger partial charge on any atom is -0.457 e. The molecule has 0 aromatic heterocycles. The van der Waals surface area contributed by atoms with Crippen LogP contribution in [0.4, 0.5) is 11.4 Å². The molecule has 0 amide bonds. The fourth-order valence-corrected chi connectivity index (χ4v) is 3.72. The molecule has 31 heavy (non-hydrogen) atoms. The summed E-state index contributed by atoms with van der Waals surface area (Å²) < 4.78 is 5.99. The van der Waals surface area contributed by atoms with Gasteiger partial charge in [-0.3, -0.25) is 10.1 Å². The van der Waals surface area contributed by atoms with Crippen molar-refractivity contribution < 1.29 is 9.66 Å². The molecule has 1 heterocycles. The molecule has 0 fully saturated rings. The highest BCUT2D eigenvalue weighted by atomic mass is 35.5. The number of anilines is 1. The smallest absolute Gasteiger partial charge is 0.270 e. The first kappa shape index (κ1) is 20.9. The van der Waals surface area contributed by atoms with Gasteiger partial charge < -0.3 is 15.0 Å². The van der Waals surface area contributed by atoms with Crippen molar-refractivity contribution in [2.45, 2.75) is 6.04 Å². The average molecular weight is 436 g/mol. The van der Waals surface area contributed by atoms with Crippen molar-refractivity contribution >= 4 is 29.1 Å². The number of para-hydroxylation sites is 1. The summed E-state index contributed by atoms with van der Waals surface area (Å²) in [6.45, 7) is 1.71. The molecule has 7 heteroatoms. The van der Waals surface area contributed by atoms with Crippen LogP contribution in [0.15, 0.2) is 72.8 Å². The Morgan fingerprint density at radius 3 is 2.71 bits per heavy atom. The summed E-state index contributed by atoms with van der Waals surface area (Å²) in [7, 11) is 2.07. The molecule has 1 aliphatic rings. The summed E-state index contributed by atoms with van der Waals surface area (Å²) >= 11 is 5.95. The van der Waals surface area contributed by atoms with Crippen molar-refractivity contribution in [1.82, 2.24) is 5.32 Å². The van der Waals surface area contributed by atoms with Crippen molar-refractivity contribution in [3.8, 4) is 11.5 Å². The van der Waals surface area contributed by atoms with E-state index in [0.717, 1.165) is 18.7 Å². The van der Waals surface area contributed by atoms with E-state index < -0.39 is 4.92 Å². The number of benzene rings is 3. The molecule has 6 nitrogen and oxygen atoms in total. The summed E-state index contributed by atoms with van der Waals surface area (Å²) in [5.41, 5.74) is 2.96. The number of likely N-dealkylation sites (N-methyl/N-ethyl adjacent to an activating group) is 1. The Labute approximate surface area is 185 Å². The van der Waals surface area contributed by atoms with E-state index in [0.29, 0.717) is 22.1 Å². The molecule has 0 radical (unpaired) electrons. The van der Waals surface area contributed by atoms with Crippen LogP contribution in [0.5, 0.6) is 11.5 Å². The van der Waals surface area contributed by atoms with Crippen LogP contribution in [0.2, 0.25) is 5.02 Å². The molecule has 1 aliphatic heterocycles. The monoisotopic (exact) mass is 435 g/mol. The minimum atomic E-state index is -0.405. The zero-order chi connectivity index (χ0) is 21.8. The molecule has 1 atom stereocenters. The number of nitrogens with one attached hydrogen (secondary N) is 1. The van der Waals surface area contributed by atoms with Crippen LogP contribution in [0.1, 0.15) is 17.2 Å². The highest BCUT2D eigenvalue weighted by Crippen LogP contribution is 2.33. The summed E-state index contributed by atoms with van der Waals surface area (Å²) in [5, 5.41) is 15.5. The molecule has 158 valence electrons. The molecular weight excluding hydrogens is 414 g/mol. The number of nitro benzene ring substituents is 1. The second-order valence-corrected chi connectivity index (χ2v) is 7.74. The van der Waals surface area contributed by atoms with E-state index in [4.69, 9.17) is 16.3 Å². The van der Waals surface area contributed by atoms with Crippen molar-refractivity contribution in [3.63, 3.8) is 0 Å². The van der Waals surface area contributed by atoms with Gasteiger partial charge in [-0.25, -0.2) is 0 Å². The number of hydrogen-bond donors (Lipinski definition) is 1. The number of hydrogen-bond acceptors (Lipinski definition) is 5. The number of rotatable bonds is 5. The van der Waals surface area contributed by atoms with Gasteiger partial charge in [-0.1, -0.05) is 42.0 Å². The van der Waals surface area contributed by atoms with Crippen molar-refractivity contribution in [2.24, 2.45) is 0 Å². The second-order valence-electron chi connectivity index (χ2n) is 7.31. The maximum absolute atomic E-state index is 11.3. The minimum absolute atomic E-state index is 0.0112. The van der Waals surface area contributed by atoms with Gasteiger partial charge in [0.15, 0.2) is 0 Å². The van der Waals surface area contributed by atoms with Crippen LogP contribution >= 0.6 is 11.6 Å². The van der Waals surface area contributed by atoms with Gasteiger partial charge in [-0.15, -0.1) is 0 Å². The standard InChI is InChI=1S/C24H22ClN3O3/c1-27-15-14-26-22(21-4-2-3-5-23(21)27)12-6-17-16-19(28(29)30)9-13-24(17)31-20-10-7-18(25)8-11-20/h2-13,16,22,26H,14-15H2,1H3/b12-6+. The van der Waals surface area contributed by atoms with E-state index in [1.165, 1.54) is 17.8 Å². The highest BCUT2D eigenvalue weighted by Gasteiger charge is 2.19. The Morgan fingerprint density at radius 1 is 1.16 bits per heavy atom. The maximum Gasteiger partial charge on any atom is 0.270 e. The lowest BCUT2D eigenvalue weighted by Gasteiger charge is -2.19. The predicted molar refractivity (Wildman–Crippen MR) is 124 cm³/mol. The normalized spacial score (nSPS) is 16.1. The van der Waals surface area contributed by atoms with E-state index in [2.05, 4.69) is 29.4 Å². The van der Waals surface area contributed by atoms with Crippen molar-refractivity contribution in [3.05, 3.63) is 99.1 Å². The fourth-order valence-electron chi connectivity index (χ4n) is 3.59. The SMILES string of the molecule is CN1CCNC(/C=C/c2cc([N+](=O)[O-])ccc2Oc2ccc(Cl)cc2)c2ccccc21. The Kier molecular flexibility index (Phi) is 6.21. The first-order valence-electron chi connectivity index (χ1n) is 9.95. The summed E-state index contributed by atoms with van der Waals surface area (Å²) in [6.07, 6.45) is 3.89. The molecule has 1 N–H and O–H groups in total. The molecule has 1 unspecified atom stereocenters. The quantitative estimate of drug-likeness (QED) is 0.403. The first-order valence-corrected chi connectivity index (χ1v) is 10.3. The summed E-state index contributed by atoms with van der Waals surface area (Å²) in [6, 6.07) is 19.8. The first-order chi connectivity index (χ1) is 15.0. The van der Waals surface area contributed by atoms with Gasteiger partial charge in [-0.2, -0.15) is 0 Å². The largest absolute Gasteiger partial charge is 0.457 e.